The summed E-state index contributed by atoms with van der Waals surface area (Å²) in [7, 11) is 0. The fourth-order valence-electron chi connectivity index (χ4n) is 7.58. The number of hydrogen-bond acceptors (Lipinski definition) is 4. The van der Waals surface area contributed by atoms with Gasteiger partial charge in [-0.1, -0.05) is 245 Å². The lowest BCUT2D eigenvalue weighted by Crippen LogP contribution is -2.50. The summed E-state index contributed by atoms with van der Waals surface area (Å²) in [4.78, 5) is 12.4. The van der Waals surface area contributed by atoms with Crippen molar-refractivity contribution in [3.8, 4) is 0 Å². The molecule has 0 aliphatic heterocycles. The molecule has 1 amide bonds. The number of aliphatic hydroxyl groups excluding tert-OH is 3. The Bertz CT molecular complexity index is 674. The molecule has 0 aromatic heterocycles. The van der Waals surface area contributed by atoms with E-state index in [0.717, 1.165) is 32.1 Å². The Morgan fingerprint density at radius 1 is 0.412 bits per heavy atom. The maximum absolute atomic E-state index is 12.4. The Hall–Kier alpha value is -0.650. The van der Waals surface area contributed by atoms with Crippen LogP contribution in [0.25, 0.3) is 0 Å². The Morgan fingerprint density at radius 3 is 0.941 bits per heavy atom. The maximum atomic E-state index is 12.4. The van der Waals surface area contributed by atoms with Gasteiger partial charge in [-0.2, -0.15) is 0 Å². The molecule has 0 aliphatic carbocycles. The number of unbranched alkanes of at least 4 members (excludes halogenated alkanes) is 35. The summed E-state index contributed by atoms with van der Waals surface area (Å²) in [5.74, 6) is -0.139. The van der Waals surface area contributed by atoms with E-state index >= 15 is 0 Å². The molecule has 0 bridgehead atoms. The van der Waals surface area contributed by atoms with Gasteiger partial charge in [-0.15, -0.1) is 0 Å². The largest absolute Gasteiger partial charge is 0.394 e. The summed E-state index contributed by atoms with van der Waals surface area (Å²) in [5, 5.41) is 33.5. The van der Waals surface area contributed by atoms with Gasteiger partial charge in [-0.25, -0.2) is 0 Å². The third-order valence-electron chi connectivity index (χ3n) is 11.2. The summed E-state index contributed by atoms with van der Waals surface area (Å²) >= 11 is 0. The lowest BCUT2D eigenvalue weighted by Gasteiger charge is -2.26. The van der Waals surface area contributed by atoms with Gasteiger partial charge in [0.15, 0.2) is 0 Å². The van der Waals surface area contributed by atoms with E-state index < -0.39 is 18.2 Å². The average Bonchev–Trinajstić information content (AvgIpc) is 3.13. The van der Waals surface area contributed by atoms with Gasteiger partial charge in [0.1, 0.15) is 6.10 Å². The minimum atomic E-state index is -1.13. The van der Waals surface area contributed by atoms with Crippen LogP contribution in [0.2, 0.25) is 0 Å². The first kappa shape index (κ1) is 50.4. The monoisotopic (exact) mass is 724 g/mol. The van der Waals surface area contributed by atoms with E-state index in [1.807, 2.05) is 0 Å². The standard InChI is InChI=1S/C46H93NO4/c1-3-5-7-9-11-13-15-17-18-19-20-21-22-23-24-25-26-27-28-29-31-33-35-37-39-41-45(50)47-43(42-48)46(51)44(49)40-38-36-34-32-30-16-14-12-10-8-6-4-2/h43-44,46,48-49,51H,3-42H2,1-2H3,(H,47,50)/t43-,44?,46+/m1/s1. The van der Waals surface area contributed by atoms with Crippen molar-refractivity contribution in [3.63, 3.8) is 0 Å². The summed E-state index contributed by atoms with van der Waals surface area (Å²) < 4.78 is 0. The van der Waals surface area contributed by atoms with Gasteiger partial charge in [0, 0.05) is 6.42 Å². The van der Waals surface area contributed by atoms with Crippen molar-refractivity contribution >= 4 is 5.91 Å². The summed E-state index contributed by atoms with van der Waals surface area (Å²) in [6, 6.07) is -0.802. The Balaban J connectivity index is 3.50. The highest BCUT2D eigenvalue weighted by molar-refractivity contribution is 5.76. The van der Waals surface area contributed by atoms with Crippen molar-refractivity contribution in [2.24, 2.45) is 0 Å². The summed E-state index contributed by atoms with van der Waals surface area (Å²) in [5.41, 5.74) is 0. The third-order valence-corrected chi connectivity index (χ3v) is 11.2. The van der Waals surface area contributed by atoms with E-state index in [-0.39, 0.29) is 12.5 Å². The maximum Gasteiger partial charge on any atom is 0.220 e. The first-order chi connectivity index (χ1) is 25.1. The van der Waals surface area contributed by atoms with Crippen LogP contribution in [0, 0.1) is 0 Å². The van der Waals surface area contributed by atoms with Crippen LogP contribution in [0.15, 0.2) is 0 Å². The smallest absolute Gasteiger partial charge is 0.220 e. The molecule has 0 fully saturated rings. The number of carbonyl (C=O) groups is 1. The van der Waals surface area contributed by atoms with Gasteiger partial charge in [-0.3, -0.25) is 4.79 Å². The number of nitrogens with one attached hydrogen (secondary N) is 1. The minimum Gasteiger partial charge on any atom is -0.394 e. The number of carbonyl (C=O) groups excluding carboxylic acids is 1. The van der Waals surface area contributed by atoms with Gasteiger partial charge in [-0.05, 0) is 12.8 Å². The van der Waals surface area contributed by atoms with Crippen LogP contribution in [0.5, 0.6) is 0 Å². The molecule has 5 nitrogen and oxygen atoms in total. The van der Waals surface area contributed by atoms with Gasteiger partial charge < -0.3 is 20.6 Å². The van der Waals surface area contributed by atoms with Crippen LogP contribution in [-0.4, -0.2) is 46.1 Å². The van der Waals surface area contributed by atoms with Crippen LogP contribution < -0.4 is 5.32 Å². The number of rotatable bonds is 43. The van der Waals surface area contributed by atoms with Gasteiger partial charge in [0.05, 0.1) is 18.8 Å². The molecule has 4 N–H and O–H groups in total. The topological polar surface area (TPSA) is 89.8 Å². The highest BCUT2D eigenvalue weighted by atomic mass is 16.3. The second kappa shape index (κ2) is 42.1. The molecule has 0 heterocycles. The molecule has 0 radical (unpaired) electrons. The predicted molar refractivity (Wildman–Crippen MR) is 222 cm³/mol. The zero-order valence-electron chi connectivity index (χ0n) is 34.8. The van der Waals surface area contributed by atoms with Crippen molar-refractivity contribution in [2.75, 3.05) is 6.61 Å². The summed E-state index contributed by atoms with van der Waals surface area (Å²) in [6.45, 7) is 4.19. The molecule has 306 valence electrons. The van der Waals surface area contributed by atoms with Gasteiger partial charge in [0.2, 0.25) is 5.91 Å². The Kier molecular flexibility index (Phi) is 41.6. The Labute approximate surface area is 319 Å². The van der Waals surface area contributed by atoms with E-state index in [0.29, 0.717) is 12.8 Å². The molecule has 0 saturated carbocycles. The second-order valence-corrected chi connectivity index (χ2v) is 16.3. The minimum absolute atomic E-state index is 0.139. The lowest BCUT2D eigenvalue weighted by molar-refractivity contribution is -0.124. The fraction of sp³-hybridized carbons (Fsp3) is 0.978. The predicted octanol–water partition coefficient (Wildman–Crippen LogP) is 13.4. The van der Waals surface area contributed by atoms with E-state index in [1.54, 1.807) is 0 Å². The van der Waals surface area contributed by atoms with Crippen molar-refractivity contribution < 1.29 is 20.1 Å². The summed E-state index contributed by atoms with van der Waals surface area (Å²) in [6.07, 6.45) is 48.0. The van der Waals surface area contributed by atoms with E-state index in [1.165, 1.54) is 205 Å². The Morgan fingerprint density at radius 2 is 0.667 bits per heavy atom. The van der Waals surface area contributed by atoms with Crippen LogP contribution >= 0.6 is 0 Å². The lowest BCUT2D eigenvalue weighted by atomic mass is 9.99. The van der Waals surface area contributed by atoms with Crippen molar-refractivity contribution in [2.45, 2.75) is 283 Å². The molecule has 5 heteroatoms. The van der Waals surface area contributed by atoms with Crippen molar-refractivity contribution in [1.29, 1.82) is 0 Å². The average molecular weight is 724 g/mol. The molecule has 3 atom stereocenters. The van der Waals surface area contributed by atoms with Crippen LogP contribution in [0.1, 0.15) is 264 Å². The number of amides is 1. The van der Waals surface area contributed by atoms with E-state index in [4.69, 9.17) is 0 Å². The number of aliphatic hydroxyl groups is 3. The molecule has 0 aliphatic rings. The second-order valence-electron chi connectivity index (χ2n) is 16.3. The molecule has 0 aromatic rings. The van der Waals surface area contributed by atoms with Crippen LogP contribution in [0.3, 0.4) is 0 Å². The quantitative estimate of drug-likeness (QED) is 0.0472. The molecule has 0 aromatic carbocycles. The molecule has 0 rings (SSSR count). The first-order valence-corrected chi connectivity index (χ1v) is 23.3. The first-order valence-electron chi connectivity index (χ1n) is 23.3. The van der Waals surface area contributed by atoms with E-state index in [2.05, 4.69) is 19.2 Å². The molecule has 51 heavy (non-hydrogen) atoms. The van der Waals surface area contributed by atoms with Crippen LogP contribution in [0.4, 0.5) is 0 Å². The zero-order chi connectivity index (χ0) is 37.3. The zero-order valence-corrected chi connectivity index (χ0v) is 34.8. The molecular formula is C46H93NO4. The van der Waals surface area contributed by atoms with Gasteiger partial charge >= 0.3 is 0 Å². The fourth-order valence-corrected chi connectivity index (χ4v) is 7.58. The van der Waals surface area contributed by atoms with Crippen LogP contribution in [-0.2, 0) is 4.79 Å². The van der Waals surface area contributed by atoms with Crippen molar-refractivity contribution in [1.82, 2.24) is 5.32 Å². The highest BCUT2D eigenvalue weighted by Crippen LogP contribution is 2.17. The highest BCUT2D eigenvalue weighted by Gasteiger charge is 2.26. The SMILES string of the molecule is CCCCCCCCCCCCCCCCCCCCCCCCCCCC(=O)N[C@H](CO)[C@H](O)C(O)CCCCCCCCCCCCCC. The normalized spacial score (nSPS) is 13.4. The number of hydrogen-bond donors (Lipinski definition) is 4. The van der Waals surface area contributed by atoms with Crippen molar-refractivity contribution in [3.05, 3.63) is 0 Å². The third kappa shape index (κ3) is 37.5. The molecular weight excluding hydrogens is 631 g/mol. The molecule has 0 spiro atoms. The van der Waals surface area contributed by atoms with Gasteiger partial charge in [0.25, 0.3) is 0 Å². The molecule has 1 unspecified atom stereocenters. The van der Waals surface area contributed by atoms with E-state index in [9.17, 15) is 20.1 Å². The molecule has 0 saturated heterocycles.